The molecular weight excluding hydrogens is 605 g/mol. The van der Waals surface area contributed by atoms with Gasteiger partial charge in [-0.3, -0.25) is 0 Å². The Hall–Kier alpha value is -6.64. The van der Waals surface area contributed by atoms with Crippen LogP contribution in [0.4, 0.5) is 17.1 Å². The first kappa shape index (κ1) is 28.4. The van der Waals surface area contributed by atoms with Gasteiger partial charge in [0, 0.05) is 33.1 Å². The van der Waals surface area contributed by atoms with Gasteiger partial charge in [0.05, 0.1) is 22.4 Å². The third kappa shape index (κ3) is 4.43. The molecular formula is C48H32N2. The lowest BCUT2D eigenvalue weighted by atomic mass is 9.94. The summed E-state index contributed by atoms with van der Waals surface area (Å²) in [6.45, 7) is 0. The van der Waals surface area contributed by atoms with Crippen molar-refractivity contribution in [3.8, 4) is 16.8 Å². The molecule has 0 spiro atoms. The molecule has 9 aromatic carbocycles. The predicted octanol–water partition coefficient (Wildman–Crippen LogP) is 13.4. The summed E-state index contributed by atoms with van der Waals surface area (Å²) in [5, 5.41) is 9.98. The fourth-order valence-corrected chi connectivity index (χ4v) is 7.94. The number of nitrogens with zero attached hydrogens (tertiary/aromatic N) is 2. The summed E-state index contributed by atoms with van der Waals surface area (Å²) in [4.78, 5) is 2.48. The number of anilines is 3. The van der Waals surface area contributed by atoms with E-state index >= 15 is 0 Å². The van der Waals surface area contributed by atoms with E-state index in [9.17, 15) is 0 Å². The minimum absolute atomic E-state index is 1.10. The highest BCUT2D eigenvalue weighted by Gasteiger charge is 2.22. The van der Waals surface area contributed by atoms with E-state index < -0.39 is 0 Å². The van der Waals surface area contributed by atoms with E-state index in [1.807, 2.05) is 0 Å². The van der Waals surface area contributed by atoms with Gasteiger partial charge < -0.3 is 9.47 Å². The van der Waals surface area contributed by atoms with E-state index in [1.54, 1.807) is 0 Å². The van der Waals surface area contributed by atoms with Gasteiger partial charge in [0.25, 0.3) is 0 Å². The fraction of sp³-hybridized carbons (Fsp3) is 0. The van der Waals surface area contributed by atoms with Crippen molar-refractivity contribution in [2.75, 3.05) is 4.90 Å². The van der Waals surface area contributed by atoms with Crippen molar-refractivity contribution in [1.29, 1.82) is 0 Å². The Morgan fingerprint density at radius 2 is 0.980 bits per heavy atom. The van der Waals surface area contributed by atoms with Crippen LogP contribution in [0.15, 0.2) is 194 Å². The summed E-state index contributed by atoms with van der Waals surface area (Å²) in [5.41, 5.74) is 9.27. The maximum absolute atomic E-state index is 2.48. The second-order valence-electron chi connectivity index (χ2n) is 12.9. The summed E-state index contributed by atoms with van der Waals surface area (Å²) >= 11 is 0. The lowest BCUT2D eigenvalue weighted by Crippen LogP contribution is -2.12. The van der Waals surface area contributed by atoms with Crippen molar-refractivity contribution >= 4 is 71.2 Å². The highest BCUT2D eigenvalue weighted by atomic mass is 15.1. The Morgan fingerprint density at radius 1 is 0.360 bits per heavy atom. The van der Waals surface area contributed by atoms with Gasteiger partial charge in [0.2, 0.25) is 0 Å². The van der Waals surface area contributed by atoms with Crippen LogP contribution in [0.1, 0.15) is 0 Å². The standard InChI is InChI=1S/C48H32N2/c1-3-15-33(16-4-1)38-20-11-13-25-44(38)50(46-31-35-28-27-34-17-7-8-21-39(34)48(35)43-24-10-9-23-41(43)46)37-29-30-42-40-22-12-14-26-45(40)49(47(42)32-37)36-18-5-2-6-19-36/h1-32H. The lowest BCUT2D eigenvalue weighted by Gasteiger charge is -2.30. The third-order valence-corrected chi connectivity index (χ3v) is 10.1. The zero-order valence-electron chi connectivity index (χ0n) is 27.4. The molecule has 0 N–H and O–H groups in total. The van der Waals surface area contributed by atoms with Gasteiger partial charge in [0.1, 0.15) is 0 Å². The van der Waals surface area contributed by atoms with Crippen molar-refractivity contribution in [3.05, 3.63) is 194 Å². The van der Waals surface area contributed by atoms with Crippen molar-refractivity contribution in [3.63, 3.8) is 0 Å². The molecule has 0 saturated heterocycles. The zero-order valence-corrected chi connectivity index (χ0v) is 27.4. The number of aromatic nitrogens is 1. The molecule has 50 heavy (non-hydrogen) atoms. The van der Waals surface area contributed by atoms with E-state index in [1.165, 1.54) is 65.3 Å². The predicted molar refractivity (Wildman–Crippen MR) is 213 cm³/mol. The van der Waals surface area contributed by atoms with E-state index in [-0.39, 0.29) is 0 Å². The molecule has 0 radical (unpaired) electrons. The molecule has 0 fully saturated rings. The van der Waals surface area contributed by atoms with Crippen LogP contribution in [0.2, 0.25) is 0 Å². The van der Waals surface area contributed by atoms with Crippen LogP contribution in [0.5, 0.6) is 0 Å². The molecule has 0 amide bonds. The Morgan fingerprint density at radius 3 is 1.82 bits per heavy atom. The monoisotopic (exact) mass is 636 g/mol. The van der Waals surface area contributed by atoms with Crippen molar-refractivity contribution in [2.24, 2.45) is 0 Å². The highest BCUT2D eigenvalue weighted by molar-refractivity contribution is 6.24. The number of fused-ring (bicyclic) bond motifs is 8. The van der Waals surface area contributed by atoms with Crippen LogP contribution in [0, 0.1) is 0 Å². The lowest BCUT2D eigenvalue weighted by molar-refractivity contribution is 1.18. The third-order valence-electron chi connectivity index (χ3n) is 10.1. The minimum Gasteiger partial charge on any atom is -0.309 e. The molecule has 1 heterocycles. The summed E-state index contributed by atoms with van der Waals surface area (Å²) < 4.78 is 2.40. The summed E-state index contributed by atoms with van der Waals surface area (Å²) in [6, 6.07) is 70.5. The second-order valence-corrected chi connectivity index (χ2v) is 12.9. The number of para-hydroxylation sites is 3. The van der Waals surface area contributed by atoms with Crippen molar-refractivity contribution in [1.82, 2.24) is 4.57 Å². The molecule has 0 atom stereocenters. The molecule has 10 rings (SSSR count). The highest BCUT2D eigenvalue weighted by Crippen LogP contribution is 2.47. The van der Waals surface area contributed by atoms with Gasteiger partial charge in [-0.05, 0) is 75.0 Å². The SMILES string of the molecule is c1ccc(-c2ccccc2N(c2ccc3c4ccccc4n(-c4ccccc4)c3c2)c2cc3ccc4ccccc4c3c3ccccc23)cc1. The van der Waals surface area contributed by atoms with E-state index in [2.05, 4.69) is 204 Å². The van der Waals surface area contributed by atoms with Crippen LogP contribution in [-0.4, -0.2) is 4.57 Å². The summed E-state index contributed by atoms with van der Waals surface area (Å²) in [7, 11) is 0. The smallest absolute Gasteiger partial charge is 0.0561 e. The number of benzene rings is 9. The topological polar surface area (TPSA) is 8.17 Å². The minimum atomic E-state index is 1.10. The molecule has 0 unspecified atom stereocenters. The summed E-state index contributed by atoms with van der Waals surface area (Å²) in [5.74, 6) is 0. The molecule has 1 aromatic heterocycles. The Balaban J connectivity index is 1.32. The Bertz CT molecular complexity index is 2870. The second kappa shape index (κ2) is 11.5. The van der Waals surface area contributed by atoms with Gasteiger partial charge in [-0.15, -0.1) is 0 Å². The Labute approximate surface area is 290 Å². The van der Waals surface area contributed by atoms with Crippen LogP contribution in [-0.2, 0) is 0 Å². The van der Waals surface area contributed by atoms with Gasteiger partial charge in [-0.25, -0.2) is 0 Å². The Kier molecular flexibility index (Phi) is 6.53. The maximum Gasteiger partial charge on any atom is 0.0561 e. The fourth-order valence-electron chi connectivity index (χ4n) is 7.94. The quantitative estimate of drug-likeness (QED) is 0.171. The number of hydrogen-bond acceptors (Lipinski definition) is 1. The molecule has 2 heteroatoms. The van der Waals surface area contributed by atoms with Crippen LogP contribution in [0.3, 0.4) is 0 Å². The van der Waals surface area contributed by atoms with Crippen LogP contribution < -0.4 is 4.90 Å². The largest absolute Gasteiger partial charge is 0.309 e. The van der Waals surface area contributed by atoms with Crippen LogP contribution >= 0.6 is 0 Å². The first-order valence-electron chi connectivity index (χ1n) is 17.2. The molecule has 0 aliphatic carbocycles. The molecule has 0 aliphatic heterocycles. The molecule has 234 valence electrons. The molecule has 0 bridgehead atoms. The normalized spacial score (nSPS) is 11.6. The summed E-state index contributed by atoms with van der Waals surface area (Å²) in [6.07, 6.45) is 0. The molecule has 10 aromatic rings. The van der Waals surface area contributed by atoms with E-state index in [0.29, 0.717) is 0 Å². The number of rotatable bonds is 5. The number of hydrogen-bond donors (Lipinski definition) is 0. The average molecular weight is 637 g/mol. The molecule has 2 nitrogen and oxygen atoms in total. The van der Waals surface area contributed by atoms with Crippen molar-refractivity contribution < 1.29 is 0 Å². The van der Waals surface area contributed by atoms with Crippen LogP contribution in [0.25, 0.3) is 70.9 Å². The molecule has 0 aliphatic rings. The van der Waals surface area contributed by atoms with Gasteiger partial charge in [-0.1, -0.05) is 152 Å². The van der Waals surface area contributed by atoms with Gasteiger partial charge >= 0.3 is 0 Å². The average Bonchev–Trinajstić information content (AvgIpc) is 3.52. The van der Waals surface area contributed by atoms with Gasteiger partial charge in [-0.2, -0.15) is 0 Å². The molecule has 0 saturated carbocycles. The first-order valence-corrected chi connectivity index (χ1v) is 17.2. The van der Waals surface area contributed by atoms with E-state index in [0.717, 1.165) is 22.7 Å². The van der Waals surface area contributed by atoms with Gasteiger partial charge in [0.15, 0.2) is 0 Å². The first-order chi connectivity index (χ1) is 24.8. The van der Waals surface area contributed by atoms with Crippen molar-refractivity contribution in [2.45, 2.75) is 0 Å². The maximum atomic E-state index is 2.48. The zero-order chi connectivity index (χ0) is 33.0. The van der Waals surface area contributed by atoms with E-state index in [4.69, 9.17) is 0 Å².